The zero-order valence-corrected chi connectivity index (χ0v) is 13.3. The summed E-state index contributed by atoms with van der Waals surface area (Å²) in [5.74, 6) is 2.00. The Balaban J connectivity index is 1.76. The van der Waals surface area contributed by atoms with Gasteiger partial charge in [0.2, 0.25) is 0 Å². The van der Waals surface area contributed by atoms with E-state index in [1.165, 1.54) is 5.39 Å². The molecule has 3 rings (SSSR count). The predicted molar refractivity (Wildman–Crippen MR) is 84.3 cm³/mol. The fraction of sp³-hybridized carbons (Fsp3) is 0.250. The van der Waals surface area contributed by atoms with Crippen molar-refractivity contribution in [2.45, 2.75) is 26.4 Å². The third-order valence-electron chi connectivity index (χ3n) is 3.16. The molecule has 0 aliphatic heterocycles. The van der Waals surface area contributed by atoms with E-state index in [-0.39, 0.29) is 6.61 Å². The lowest BCUT2D eigenvalue weighted by atomic mass is 10.1. The minimum absolute atomic E-state index is 0.271. The molecule has 0 aliphatic carbocycles. The first-order valence-corrected chi connectivity index (χ1v) is 7.68. The van der Waals surface area contributed by atoms with Crippen LogP contribution in [0.15, 0.2) is 45.4 Å². The monoisotopic (exact) mass is 346 g/mol. The Hall–Kier alpha value is -1.88. The molecule has 1 aromatic heterocycles. The van der Waals surface area contributed by atoms with E-state index in [1.807, 2.05) is 24.3 Å². The third kappa shape index (κ3) is 3.08. The van der Waals surface area contributed by atoms with Crippen LogP contribution in [0.4, 0.5) is 0 Å². The zero-order chi connectivity index (χ0) is 14.7. The standard InChI is InChI=1S/C16H15BrN2O2/c1-2-5-14-18-15(21-19-14)10-20-13-9-8-11-6-3-4-7-12(11)16(13)17/h3-4,6-9H,2,5,10H2,1H3. The van der Waals surface area contributed by atoms with Crippen LogP contribution in [0.1, 0.15) is 25.1 Å². The van der Waals surface area contributed by atoms with E-state index in [0.717, 1.165) is 34.3 Å². The fourth-order valence-corrected chi connectivity index (χ4v) is 2.75. The van der Waals surface area contributed by atoms with Gasteiger partial charge in [-0.1, -0.05) is 42.4 Å². The van der Waals surface area contributed by atoms with Gasteiger partial charge < -0.3 is 9.26 Å². The minimum Gasteiger partial charge on any atom is -0.483 e. The lowest BCUT2D eigenvalue weighted by Crippen LogP contribution is -1.97. The minimum atomic E-state index is 0.271. The molecule has 0 radical (unpaired) electrons. The first-order valence-electron chi connectivity index (χ1n) is 6.89. The van der Waals surface area contributed by atoms with E-state index in [1.54, 1.807) is 0 Å². The van der Waals surface area contributed by atoms with Crippen molar-refractivity contribution in [3.05, 3.63) is 52.6 Å². The molecule has 0 N–H and O–H groups in total. The highest BCUT2D eigenvalue weighted by Crippen LogP contribution is 2.33. The van der Waals surface area contributed by atoms with Gasteiger partial charge in [-0.15, -0.1) is 0 Å². The number of halogens is 1. The Morgan fingerprint density at radius 1 is 1.19 bits per heavy atom. The summed E-state index contributed by atoms with van der Waals surface area (Å²) in [5.41, 5.74) is 0. The quantitative estimate of drug-likeness (QED) is 0.681. The van der Waals surface area contributed by atoms with Crippen molar-refractivity contribution in [3.63, 3.8) is 0 Å². The largest absolute Gasteiger partial charge is 0.483 e. The van der Waals surface area contributed by atoms with Crippen LogP contribution < -0.4 is 4.74 Å². The molecular formula is C16H15BrN2O2. The normalized spacial score (nSPS) is 11.0. The van der Waals surface area contributed by atoms with E-state index >= 15 is 0 Å². The predicted octanol–water partition coefficient (Wildman–Crippen LogP) is 4.52. The van der Waals surface area contributed by atoms with Crippen molar-refractivity contribution in [2.75, 3.05) is 0 Å². The number of nitrogens with zero attached hydrogens (tertiary/aromatic N) is 2. The molecule has 3 aromatic rings. The Bertz CT molecular complexity index is 755. The molecule has 2 aromatic carbocycles. The number of benzene rings is 2. The van der Waals surface area contributed by atoms with E-state index < -0.39 is 0 Å². The summed E-state index contributed by atoms with van der Waals surface area (Å²) in [7, 11) is 0. The SMILES string of the molecule is CCCc1noc(COc2ccc3ccccc3c2Br)n1. The van der Waals surface area contributed by atoms with Crippen molar-refractivity contribution in [2.24, 2.45) is 0 Å². The molecule has 1 heterocycles. The molecule has 0 spiro atoms. The van der Waals surface area contributed by atoms with Crippen molar-refractivity contribution < 1.29 is 9.26 Å². The zero-order valence-electron chi connectivity index (χ0n) is 11.7. The molecule has 0 bridgehead atoms. The molecule has 0 fully saturated rings. The summed E-state index contributed by atoms with van der Waals surface area (Å²) in [6.07, 6.45) is 1.82. The number of aryl methyl sites for hydroxylation is 1. The Morgan fingerprint density at radius 3 is 2.90 bits per heavy atom. The summed E-state index contributed by atoms with van der Waals surface area (Å²) < 4.78 is 11.9. The van der Waals surface area contributed by atoms with Gasteiger partial charge in [-0.25, -0.2) is 0 Å². The van der Waals surface area contributed by atoms with E-state index in [2.05, 4.69) is 45.1 Å². The van der Waals surface area contributed by atoms with E-state index in [4.69, 9.17) is 9.26 Å². The van der Waals surface area contributed by atoms with Gasteiger partial charge in [0.15, 0.2) is 12.4 Å². The second-order valence-electron chi connectivity index (χ2n) is 4.74. The second-order valence-corrected chi connectivity index (χ2v) is 5.53. The van der Waals surface area contributed by atoms with E-state index in [0.29, 0.717) is 5.89 Å². The van der Waals surface area contributed by atoms with Gasteiger partial charge in [0.05, 0.1) is 4.47 Å². The van der Waals surface area contributed by atoms with Crippen LogP contribution in [0.5, 0.6) is 5.75 Å². The van der Waals surface area contributed by atoms with Crippen LogP contribution in [-0.4, -0.2) is 10.1 Å². The lowest BCUT2D eigenvalue weighted by Gasteiger charge is -2.08. The molecule has 4 nitrogen and oxygen atoms in total. The summed E-state index contributed by atoms with van der Waals surface area (Å²) >= 11 is 3.59. The average molecular weight is 347 g/mol. The maximum atomic E-state index is 5.78. The van der Waals surface area contributed by atoms with Crippen molar-refractivity contribution in [1.82, 2.24) is 10.1 Å². The van der Waals surface area contributed by atoms with Gasteiger partial charge in [0, 0.05) is 6.42 Å². The van der Waals surface area contributed by atoms with Gasteiger partial charge in [0.1, 0.15) is 5.75 Å². The smallest absolute Gasteiger partial charge is 0.264 e. The fourth-order valence-electron chi connectivity index (χ4n) is 2.14. The Kier molecular flexibility index (Phi) is 4.20. The van der Waals surface area contributed by atoms with Gasteiger partial charge in [0.25, 0.3) is 5.89 Å². The molecular weight excluding hydrogens is 332 g/mol. The van der Waals surface area contributed by atoms with Crippen molar-refractivity contribution in [1.29, 1.82) is 0 Å². The molecule has 0 atom stereocenters. The van der Waals surface area contributed by atoms with Gasteiger partial charge >= 0.3 is 0 Å². The van der Waals surface area contributed by atoms with Crippen molar-refractivity contribution >= 4 is 26.7 Å². The van der Waals surface area contributed by atoms with Crippen LogP contribution in [0.25, 0.3) is 10.8 Å². The molecule has 0 amide bonds. The summed E-state index contributed by atoms with van der Waals surface area (Å²) in [6.45, 7) is 2.35. The maximum absolute atomic E-state index is 5.78. The number of rotatable bonds is 5. The number of hydrogen-bond donors (Lipinski definition) is 0. The Morgan fingerprint density at radius 2 is 2.05 bits per heavy atom. The molecule has 0 saturated heterocycles. The number of fused-ring (bicyclic) bond motifs is 1. The molecule has 0 unspecified atom stereocenters. The molecule has 108 valence electrons. The highest BCUT2D eigenvalue weighted by Gasteiger charge is 2.09. The number of hydrogen-bond acceptors (Lipinski definition) is 4. The van der Waals surface area contributed by atoms with Crippen LogP contribution in [-0.2, 0) is 13.0 Å². The molecule has 0 saturated carbocycles. The molecule has 0 aliphatic rings. The molecule has 21 heavy (non-hydrogen) atoms. The second kappa shape index (κ2) is 6.26. The van der Waals surface area contributed by atoms with Gasteiger partial charge in [-0.2, -0.15) is 4.98 Å². The van der Waals surface area contributed by atoms with Crippen LogP contribution in [0, 0.1) is 0 Å². The van der Waals surface area contributed by atoms with E-state index in [9.17, 15) is 0 Å². The van der Waals surface area contributed by atoms with Crippen molar-refractivity contribution in [3.8, 4) is 5.75 Å². The van der Waals surface area contributed by atoms with Gasteiger partial charge in [-0.3, -0.25) is 0 Å². The first-order chi connectivity index (χ1) is 10.3. The summed E-state index contributed by atoms with van der Waals surface area (Å²) in [5, 5.41) is 6.20. The Labute approximate surface area is 131 Å². The number of aromatic nitrogens is 2. The highest BCUT2D eigenvalue weighted by molar-refractivity contribution is 9.10. The summed E-state index contributed by atoms with van der Waals surface area (Å²) in [4.78, 5) is 4.29. The van der Waals surface area contributed by atoms with Crippen LogP contribution >= 0.6 is 15.9 Å². The summed E-state index contributed by atoms with van der Waals surface area (Å²) in [6, 6.07) is 12.1. The third-order valence-corrected chi connectivity index (χ3v) is 3.98. The van der Waals surface area contributed by atoms with Crippen LogP contribution in [0.2, 0.25) is 0 Å². The average Bonchev–Trinajstić information content (AvgIpc) is 2.95. The topological polar surface area (TPSA) is 48.2 Å². The first kappa shape index (κ1) is 14.1. The maximum Gasteiger partial charge on any atom is 0.264 e. The molecule has 5 heteroatoms. The van der Waals surface area contributed by atoms with Gasteiger partial charge in [-0.05, 0) is 39.2 Å². The van der Waals surface area contributed by atoms with Crippen LogP contribution in [0.3, 0.4) is 0 Å². The number of ether oxygens (including phenoxy) is 1. The lowest BCUT2D eigenvalue weighted by molar-refractivity contribution is 0.241. The highest BCUT2D eigenvalue weighted by atomic mass is 79.9.